The summed E-state index contributed by atoms with van der Waals surface area (Å²) in [5, 5.41) is 0. The molecule has 5 heteroatoms. The molecule has 0 aliphatic heterocycles. The molecule has 0 bridgehead atoms. The third-order valence-electron chi connectivity index (χ3n) is 4.53. The predicted octanol–water partition coefficient (Wildman–Crippen LogP) is 2.26. The minimum Gasteiger partial charge on any atom is -0.292 e. The van der Waals surface area contributed by atoms with Crippen LogP contribution in [0.5, 0.6) is 0 Å². The lowest BCUT2D eigenvalue weighted by Crippen LogP contribution is -2.32. The maximum absolute atomic E-state index is 12.9. The molecule has 2 aromatic heterocycles. The predicted molar refractivity (Wildman–Crippen MR) is 86.9 cm³/mol. The number of ketones is 1. The van der Waals surface area contributed by atoms with Crippen molar-refractivity contribution in [3.63, 3.8) is 0 Å². The fraction of sp³-hybridized carbons (Fsp3) is 0.278. The van der Waals surface area contributed by atoms with E-state index >= 15 is 0 Å². The molecular weight excluding hydrogens is 290 g/mol. The monoisotopic (exact) mass is 307 g/mol. The number of Topliss-reactive ketones (excluding diaryl/α,β-unsaturated/α-hetero) is 1. The van der Waals surface area contributed by atoms with Crippen LogP contribution in [0.4, 0.5) is 0 Å². The lowest BCUT2D eigenvalue weighted by Gasteiger charge is -2.19. The van der Waals surface area contributed by atoms with E-state index in [1.807, 2.05) is 22.6 Å². The molecule has 0 atom stereocenters. The van der Waals surface area contributed by atoms with Crippen LogP contribution >= 0.6 is 0 Å². The summed E-state index contributed by atoms with van der Waals surface area (Å²) in [4.78, 5) is 29.6. The second-order valence-corrected chi connectivity index (χ2v) is 5.93. The van der Waals surface area contributed by atoms with Gasteiger partial charge in [-0.1, -0.05) is 30.3 Å². The van der Waals surface area contributed by atoms with E-state index in [1.54, 1.807) is 29.2 Å². The molecular formula is C18H17N3O2. The SMILES string of the molecule is O=C(Cn1c(=O)c2c(n3cncc13)CCCC2)c1ccccc1. The van der Waals surface area contributed by atoms with Gasteiger partial charge in [0.2, 0.25) is 0 Å². The molecule has 1 aromatic carbocycles. The highest BCUT2D eigenvalue weighted by molar-refractivity contribution is 5.96. The highest BCUT2D eigenvalue weighted by atomic mass is 16.1. The van der Waals surface area contributed by atoms with E-state index in [1.165, 1.54) is 0 Å². The average Bonchev–Trinajstić information content (AvgIpc) is 3.09. The van der Waals surface area contributed by atoms with Crippen LogP contribution in [0.15, 0.2) is 47.7 Å². The first-order chi connectivity index (χ1) is 11.3. The lowest BCUT2D eigenvalue weighted by molar-refractivity contribution is 0.0972. The smallest absolute Gasteiger partial charge is 0.257 e. The summed E-state index contributed by atoms with van der Waals surface area (Å²) in [5.74, 6) is -0.0634. The van der Waals surface area contributed by atoms with Crippen LogP contribution in [0.25, 0.3) is 5.65 Å². The second-order valence-electron chi connectivity index (χ2n) is 5.93. The first kappa shape index (κ1) is 13.9. The summed E-state index contributed by atoms with van der Waals surface area (Å²) in [6, 6.07) is 9.09. The van der Waals surface area contributed by atoms with Crippen molar-refractivity contribution in [2.24, 2.45) is 0 Å². The van der Waals surface area contributed by atoms with Gasteiger partial charge in [-0.3, -0.25) is 18.6 Å². The molecule has 0 N–H and O–H groups in total. The number of rotatable bonds is 3. The Morgan fingerprint density at radius 3 is 2.74 bits per heavy atom. The van der Waals surface area contributed by atoms with Gasteiger partial charge >= 0.3 is 0 Å². The van der Waals surface area contributed by atoms with Crippen molar-refractivity contribution in [2.45, 2.75) is 32.2 Å². The molecule has 0 saturated carbocycles. The summed E-state index contributed by atoms with van der Waals surface area (Å²) >= 11 is 0. The van der Waals surface area contributed by atoms with Gasteiger partial charge in [-0.25, -0.2) is 4.98 Å². The van der Waals surface area contributed by atoms with Crippen molar-refractivity contribution in [3.8, 4) is 0 Å². The standard InChI is InChI=1S/C18H17N3O2/c22-16(13-6-2-1-3-7-13)11-20-17-10-19-12-21(17)15-9-5-4-8-14(15)18(20)23/h1-3,6-7,10,12H,4-5,8-9,11H2. The van der Waals surface area contributed by atoms with Crippen LogP contribution in [0.2, 0.25) is 0 Å². The quantitative estimate of drug-likeness (QED) is 0.697. The third kappa shape index (κ3) is 2.29. The van der Waals surface area contributed by atoms with Gasteiger partial charge in [0.05, 0.1) is 12.7 Å². The highest BCUT2D eigenvalue weighted by Crippen LogP contribution is 2.20. The van der Waals surface area contributed by atoms with Crippen molar-refractivity contribution >= 4 is 11.4 Å². The maximum Gasteiger partial charge on any atom is 0.257 e. The molecule has 4 rings (SSSR count). The molecule has 23 heavy (non-hydrogen) atoms. The summed E-state index contributed by atoms with van der Waals surface area (Å²) in [6.45, 7) is 0.0469. The highest BCUT2D eigenvalue weighted by Gasteiger charge is 2.21. The molecule has 1 aliphatic carbocycles. The normalized spacial score (nSPS) is 13.9. The fourth-order valence-electron chi connectivity index (χ4n) is 3.36. The van der Waals surface area contributed by atoms with Crippen LogP contribution < -0.4 is 5.56 Å². The summed E-state index contributed by atoms with van der Waals surface area (Å²) in [6.07, 6.45) is 7.19. The number of nitrogens with zero attached hydrogens (tertiary/aromatic N) is 3. The average molecular weight is 307 g/mol. The number of fused-ring (bicyclic) bond motifs is 3. The summed E-state index contributed by atoms with van der Waals surface area (Å²) in [5.41, 5.74) is 3.16. The van der Waals surface area contributed by atoms with E-state index in [0.717, 1.165) is 36.9 Å². The van der Waals surface area contributed by atoms with Crippen LogP contribution in [0, 0.1) is 0 Å². The number of carbonyl (C=O) groups excluding carboxylic acids is 1. The molecule has 3 aromatic rings. The van der Waals surface area contributed by atoms with E-state index < -0.39 is 0 Å². The Balaban J connectivity index is 1.84. The van der Waals surface area contributed by atoms with Gasteiger partial charge in [-0.2, -0.15) is 0 Å². The van der Waals surface area contributed by atoms with Gasteiger partial charge in [-0.15, -0.1) is 0 Å². The Labute approximate surface area is 133 Å². The summed E-state index contributed by atoms with van der Waals surface area (Å²) < 4.78 is 3.53. The Bertz CT molecular complexity index is 938. The number of hydrogen-bond acceptors (Lipinski definition) is 3. The molecule has 0 fully saturated rings. The fourth-order valence-corrected chi connectivity index (χ4v) is 3.36. The van der Waals surface area contributed by atoms with E-state index in [2.05, 4.69) is 4.98 Å². The molecule has 0 unspecified atom stereocenters. The zero-order chi connectivity index (χ0) is 15.8. The van der Waals surface area contributed by atoms with Crippen molar-refractivity contribution in [2.75, 3.05) is 0 Å². The largest absolute Gasteiger partial charge is 0.292 e. The van der Waals surface area contributed by atoms with E-state index in [0.29, 0.717) is 11.2 Å². The Kier molecular flexibility index (Phi) is 3.33. The molecule has 0 spiro atoms. The van der Waals surface area contributed by atoms with E-state index in [9.17, 15) is 9.59 Å². The number of hydrogen-bond donors (Lipinski definition) is 0. The van der Waals surface area contributed by atoms with Crippen LogP contribution in [0.3, 0.4) is 0 Å². The topological polar surface area (TPSA) is 56.4 Å². The van der Waals surface area contributed by atoms with Crippen LogP contribution in [0.1, 0.15) is 34.5 Å². The number of carbonyl (C=O) groups is 1. The van der Waals surface area contributed by atoms with Crippen LogP contribution in [-0.2, 0) is 19.4 Å². The number of aromatic nitrogens is 3. The van der Waals surface area contributed by atoms with Gasteiger partial charge in [-0.05, 0) is 25.7 Å². The molecule has 2 heterocycles. The molecule has 5 nitrogen and oxygen atoms in total. The van der Waals surface area contributed by atoms with Gasteiger partial charge in [0.25, 0.3) is 5.56 Å². The van der Waals surface area contributed by atoms with E-state index in [-0.39, 0.29) is 17.9 Å². The molecule has 116 valence electrons. The Hall–Kier alpha value is -2.69. The zero-order valence-electron chi connectivity index (χ0n) is 12.7. The molecule has 0 amide bonds. The number of benzene rings is 1. The second kappa shape index (κ2) is 5.50. The first-order valence-electron chi connectivity index (χ1n) is 7.90. The minimum atomic E-state index is -0.0634. The van der Waals surface area contributed by atoms with Gasteiger partial charge in [0, 0.05) is 16.8 Å². The van der Waals surface area contributed by atoms with Gasteiger partial charge < -0.3 is 0 Å². The Morgan fingerprint density at radius 1 is 1.13 bits per heavy atom. The molecule has 1 aliphatic rings. The third-order valence-corrected chi connectivity index (χ3v) is 4.53. The summed E-state index contributed by atoms with van der Waals surface area (Å²) in [7, 11) is 0. The zero-order valence-corrected chi connectivity index (χ0v) is 12.7. The Morgan fingerprint density at radius 2 is 1.91 bits per heavy atom. The number of aryl methyl sites for hydroxylation is 1. The first-order valence-corrected chi connectivity index (χ1v) is 7.90. The van der Waals surface area contributed by atoms with Crippen molar-refractivity contribution in [1.29, 1.82) is 0 Å². The van der Waals surface area contributed by atoms with Crippen LogP contribution in [-0.4, -0.2) is 19.7 Å². The molecule has 0 saturated heterocycles. The molecule has 0 radical (unpaired) electrons. The van der Waals surface area contributed by atoms with Crippen molar-refractivity contribution in [3.05, 3.63) is 70.0 Å². The maximum atomic E-state index is 12.9. The van der Waals surface area contributed by atoms with Crippen molar-refractivity contribution < 1.29 is 4.79 Å². The van der Waals surface area contributed by atoms with Gasteiger partial charge in [0.1, 0.15) is 12.0 Å². The lowest BCUT2D eigenvalue weighted by atomic mass is 9.97. The number of imidazole rings is 1. The van der Waals surface area contributed by atoms with E-state index in [4.69, 9.17) is 0 Å². The minimum absolute atomic E-state index is 0.0445. The van der Waals surface area contributed by atoms with Crippen molar-refractivity contribution in [1.82, 2.24) is 14.0 Å². The van der Waals surface area contributed by atoms with Gasteiger partial charge in [0.15, 0.2) is 5.78 Å².